The minimum Gasteiger partial charge on any atom is -0.677 e. The molecule has 0 saturated carbocycles. The Hall–Kier alpha value is -0.0800. The molecule has 2 heteroatoms. The van der Waals surface area contributed by atoms with E-state index in [1.54, 1.807) is 0 Å². The molecule has 0 bridgehead atoms. The molecule has 0 rings (SSSR count). The normalized spacial score (nSPS) is 11.7. The number of nitrogens with zero attached hydrogens (tertiary/aromatic N) is 1. The summed E-state index contributed by atoms with van der Waals surface area (Å²) in [6, 6.07) is 0. The molecule has 0 aromatic rings. The number of nitrogens with one attached hydrogen (secondary N) is 1. The van der Waals surface area contributed by atoms with E-state index in [1.807, 2.05) is 0 Å². The summed E-state index contributed by atoms with van der Waals surface area (Å²) in [6.07, 6.45) is 71.2. The highest BCUT2D eigenvalue weighted by molar-refractivity contribution is 4.55. The van der Waals surface area contributed by atoms with Crippen LogP contribution in [0.15, 0.2) is 0 Å². The van der Waals surface area contributed by atoms with Gasteiger partial charge in [0, 0.05) is 0 Å². The van der Waals surface area contributed by atoms with Crippen molar-refractivity contribution in [1.29, 1.82) is 0 Å². The van der Waals surface area contributed by atoms with Crippen molar-refractivity contribution in [2.75, 3.05) is 33.7 Å². The van der Waals surface area contributed by atoms with E-state index in [9.17, 15) is 0 Å². The molecule has 0 fully saturated rings. The van der Waals surface area contributed by atoms with Crippen molar-refractivity contribution < 1.29 is 4.48 Å². The Bertz CT molecular complexity index is 672. The van der Waals surface area contributed by atoms with Crippen molar-refractivity contribution in [3.63, 3.8) is 0 Å². The van der Waals surface area contributed by atoms with Crippen LogP contribution in [0.1, 0.15) is 335 Å². The van der Waals surface area contributed by atoms with Gasteiger partial charge in [-0.15, -0.1) is 0 Å². The van der Waals surface area contributed by atoms with Crippen molar-refractivity contribution in [3.05, 3.63) is 5.73 Å². The summed E-state index contributed by atoms with van der Waals surface area (Å²) in [5, 5.41) is 0. The number of hydrogen-bond donors (Lipinski definition) is 0. The van der Waals surface area contributed by atoms with Crippen LogP contribution in [-0.2, 0) is 0 Å². The van der Waals surface area contributed by atoms with Gasteiger partial charge in [0.2, 0.25) is 0 Å². The predicted octanol–water partition coefficient (Wildman–Crippen LogP) is 21.3. The van der Waals surface area contributed by atoms with Crippen LogP contribution in [0, 0.1) is 0 Å². The van der Waals surface area contributed by atoms with Gasteiger partial charge in [0.1, 0.15) is 0 Å². The van der Waals surface area contributed by atoms with Gasteiger partial charge in [-0.05, 0) is 19.3 Å². The largest absolute Gasteiger partial charge is 0.677 e. The maximum atomic E-state index is 7.08. The lowest BCUT2D eigenvalue weighted by Crippen LogP contribution is -2.40. The first-order chi connectivity index (χ1) is 29.0. The van der Waals surface area contributed by atoms with E-state index in [4.69, 9.17) is 5.73 Å². The van der Waals surface area contributed by atoms with Gasteiger partial charge in [0.05, 0.1) is 27.2 Å². The SMILES string of the molecule is CCCCCCCCCCCCCCCCCCCCCCCCCCCCCCCCCC[N+](C)(C)CCC.CCCCCCCCCCCCCCCCCC[NH-]. The lowest BCUT2D eigenvalue weighted by molar-refractivity contribution is -0.890. The minimum absolute atomic E-state index is 0.623. The minimum atomic E-state index is 0.623. The molecule has 1 N–H and O–H groups in total. The predicted molar refractivity (Wildman–Crippen MR) is 274 cm³/mol. The molecule has 0 amide bonds. The van der Waals surface area contributed by atoms with Crippen LogP contribution in [0.2, 0.25) is 0 Å². The zero-order valence-corrected chi connectivity index (χ0v) is 42.7. The molecule has 358 valence electrons. The molecule has 0 unspecified atom stereocenters. The quantitative estimate of drug-likeness (QED) is 0.0431. The summed E-state index contributed by atoms with van der Waals surface area (Å²) in [6.45, 7) is 10.2. The van der Waals surface area contributed by atoms with Crippen molar-refractivity contribution in [2.45, 2.75) is 335 Å². The highest BCUT2D eigenvalue weighted by Gasteiger charge is 2.12. The van der Waals surface area contributed by atoms with Gasteiger partial charge in [-0.1, -0.05) is 316 Å². The molecule has 0 aromatic carbocycles. The highest BCUT2D eigenvalue weighted by Crippen LogP contribution is 2.18. The summed E-state index contributed by atoms with van der Waals surface area (Å²) in [7, 11) is 4.79. The van der Waals surface area contributed by atoms with E-state index in [0.717, 1.165) is 6.42 Å². The first-order valence-corrected chi connectivity index (χ1v) is 28.5. The van der Waals surface area contributed by atoms with Gasteiger partial charge >= 0.3 is 0 Å². The van der Waals surface area contributed by atoms with Crippen LogP contribution in [0.4, 0.5) is 0 Å². The van der Waals surface area contributed by atoms with Crippen LogP contribution in [0.5, 0.6) is 0 Å². The van der Waals surface area contributed by atoms with Crippen molar-refractivity contribution >= 4 is 0 Å². The highest BCUT2D eigenvalue weighted by atomic mass is 15.3. The summed E-state index contributed by atoms with van der Waals surface area (Å²) >= 11 is 0. The molecule has 0 aliphatic carbocycles. The van der Waals surface area contributed by atoms with Crippen molar-refractivity contribution in [3.8, 4) is 0 Å². The molecule has 59 heavy (non-hydrogen) atoms. The smallest absolute Gasteiger partial charge is 0.0782 e. The molecule has 0 aliphatic rings. The molecule has 0 heterocycles. The average Bonchev–Trinajstić information content (AvgIpc) is 3.23. The van der Waals surface area contributed by atoms with Crippen LogP contribution in [0.3, 0.4) is 0 Å². The zero-order chi connectivity index (χ0) is 43.3. The molecular weight excluding hydrogens is 713 g/mol. The topological polar surface area (TPSA) is 23.8 Å². The van der Waals surface area contributed by atoms with Gasteiger partial charge in [0.25, 0.3) is 0 Å². The molecule has 0 spiro atoms. The monoisotopic (exact) mass is 833 g/mol. The third kappa shape index (κ3) is 60.0. The second kappa shape index (κ2) is 55.9. The Morgan fingerprint density at radius 3 is 0.542 bits per heavy atom. The Labute approximate surface area is 377 Å². The fourth-order valence-electron chi connectivity index (χ4n) is 9.31. The Balaban J connectivity index is 0. The van der Waals surface area contributed by atoms with Gasteiger partial charge in [-0.3, -0.25) is 0 Å². The summed E-state index contributed by atoms with van der Waals surface area (Å²) in [5.41, 5.74) is 7.08. The van der Waals surface area contributed by atoms with Crippen LogP contribution in [0.25, 0.3) is 5.73 Å². The Morgan fingerprint density at radius 1 is 0.203 bits per heavy atom. The number of quaternary nitrogens is 1. The second-order valence-corrected chi connectivity index (χ2v) is 20.4. The van der Waals surface area contributed by atoms with Crippen LogP contribution < -0.4 is 0 Å². The fraction of sp³-hybridized carbons (Fsp3) is 1.00. The Morgan fingerprint density at radius 2 is 0.373 bits per heavy atom. The number of unbranched alkanes of at least 4 members (excludes halogenated alkanes) is 46. The van der Waals surface area contributed by atoms with Gasteiger partial charge in [-0.2, -0.15) is 6.54 Å². The van der Waals surface area contributed by atoms with Crippen LogP contribution >= 0.6 is 0 Å². The van der Waals surface area contributed by atoms with E-state index in [1.165, 1.54) is 326 Å². The molecule has 0 saturated heterocycles. The molecular formula is C57H120N2. The van der Waals surface area contributed by atoms with Crippen molar-refractivity contribution in [1.82, 2.24) is 0 Å². The summed E-state index contributed by atoms with van der Waals surface area (Å²) in [4.78, 5) is 0. The first-order valence-electron chi connectivity index (χ1n) is 28.5. The van der Waals surface area contributed by atoms with Crippen LogP contribution in [-0.4, -0.2) is 38.2 Å². The summed E-state index contributed by atoms with van der Waals surface area (Å²) in [5.74, 6) is 0. The van der Waals surface area contributed by atoms with E-state index in [2.05, 4.69) is 34.9 Å². The lowest BCUT2D eigenvalue weighted by Gasteiger charge is -2.29. The molecule has 0 radical (unpaired) electrons. The maximum Gasteiger partial charge on any atom is 0.0782 e. The second-order valence-electron chi connectivity index (χ2n) is 20.4. The van der Waals surface area contributed by atoms with Gasteiger partial charge in [0.15, 0.2) is 0 Å². The van der Waals surface area contributed by atoms with E-state index >= 15 is 0 Å². The third-order valence-electron chi connectivity index (χ3n) is 13.5. The molecule has 2 nitrogen and oxygen atoms in total. The first kappa shape index (κ1) is 61.0. The third-order valence-corrected chi connectivity index (χ3v) is 13.5. The Kier molecular flexibility index (Phi) is 57.8. The number of hydrogen-bond acceptors (Lipinski definition) is 0. The molecule has 0 atom stereocenters. The van der Waals surface area contributed by atoms with Gasteiger partial charge in [-0.25, -0.2) is 0 Å². The lowest BCUT2D eigenvalue weighted by atomic mass is 10.0. The number of rotatable bonds is 51. The molecule has 0 aliphatic heterocycles. The van der Waals surface area contributed by atoms with Crippen molar-refractivity contribution in [2.24, 2.45) is 0 Å². The van der Waals surface area contributed by atoms with E-state index in [0.29, 0.717) is 6.54 Å². The summed E-state index contributed by atoms with van der Waals surface area (Å²) < 4.78 is 1.22. The van der Waals surface area contributed by atoms with Gasteiger partial charge < -0.3 is 10.2 Å². The maximum absolute atomic E-state index is 7.08. The molecule has 0 aromatic heterocycles. The zero-order valence-electron chi connectivity index (χ0n) is 42.7. The van der Waals surface area contributed by atoms with E-state index in [-0.39, 0.29) is 0 Å². The van der Waals surface area contributed by atoms with E-state index < -0.39 is 0 Å². The fourth-order valence-corrected chi connectivity index (χ4v) is 9.31. The standard InChI is InChI=1S/C39H82N.C18H38N/c1-5-7-8-9-10-11-12-13-14-15-16-17-18-19-20-21-22-23-24-25-26-27-28-29-30-31-32-33-34-35-36-37-39-40(3,4)38-6-2;1-2-3-4-5-6-7-8-9-10-11-12-13-14-15-16-17-18-19/h5-39H2,1-4H3;19H,2-18H2,1H3/q+1;-1. The average molecular weight is 834 g/mol.